The van der Waals surface area contributed by atoms with Gasteiger partial charge in [-0.25, -0.2) is 0 Å². The molecule has 1 unspecified atom stereocenters. The first-order valence-corrected chi connectivity index (χ1v) is 2.84. The lowest BCUT2D eigenvalue weighted by atomic mass is 12.0. The summed E-state index contributed by atoms with van der Waals surface area (Å²) in [6.45, 7) is 0. The molecule has 1 nitrogen and oxygen atoms in total. The minimum atomic E-state index is 0. The van der Waals surface area contributed by atoms with E-state index in [1.807, 2.05) is 0 Å². The van der Waals surface area contributed by atoms with Crippen molar-refractivity contribution < 1.29 is 9.42 Å². The third kappa shape index (κ3) is 6000. The molecule has 8 heteroatoms. The molecule has 178 valence electrons. The van der Waals surface area contributed by atoms with Crippen LogP contribution in [0.5, 0.6) is 0 Å². The molecule has 0 amide bonds. The molecule has 0 aromatic carbocycles. The van der Waals surface area contributed by atoms with E-state index in [-0.39, 0.29) is 137 Å². The average molecular weight is 465 g/mol. The third-order valence-electron chi connectivity index (χ3n) is 0. The first-order chi connectivity index (χ1) is 3.00. The fourth-order valence-corrected chi connectivity index (χ4v) is 0. The molecule has 0 rings (SSSR count). The summed E-state index contributed by atoms with van der Waals surface area (Å²) in [5, 5.41) is 0. The van der Waals surface area contributed by atoms with Gasteiger partial charge in [-0.15, -0.1) is 12.4 Å². The van der Waals surface area contributed by atoms with E-state index in [1.54, 1.807) is 6.26 Å². The van der Waals surface area contributed by atoms with Crippen LogP contribution in [0.3, 0.4) is 0 Å². The van der Waals surface area contributed by atoms with Crippen molar-refractivity contribution in [3.63, 3.8) is 0 Å². The molecule has 3 N–H and O–H groups in total. The average Bonchev–Trinajstić information content (AvgIpc) is 1.81. The Kier molecular flexibility index (Phi) is 202000. The predicted molar refractivity (Wildman–Crippen MR) is 152 cm³/mol. The van der Waals surface area contributed by atoms with Crippen LogP contribution in [-0.4, -0.2) is 7.71 Å². The molecule has 1 atom stereocenters. The van der Waals surface area contributed by atoms with Crippen LogP contribution in [0.2, 0.25) is 0 Å². The van der Waals surface area contributed by atoms with Gasteiger partial charge < -0.3 is 6.15 Å². The Labute approximate surface area is 184 Å². The van der Waals surface area contributed by atoms with Crippen molar-refractivity contribution in [2.45, 2.75) is 104 Å². The molecule has 0 aliphatic rings. The highest BCUT2D eigenvalue weighted by molar-refractivity contribution is 8.07. The van der Waals surface area contributed by atoms with Crippen LogP contribution in [0.4, 0.5) is 9.42 Å². The zero-order chi connectivity index (χ0) is 6.00. The molecule has 0 spiro atoms. The van der Waals surface area contributed by atoms with Gasteiger partial charge in [-0.3, -0.25) is 9.42 Å². The molecular weight excluding hydrogens is 395 g/mol. The molecule has 23 heavy (non-hydrogen) atoms. The highest BCUT2D eigenvalue weighted by atomic mass is 35.5. The van der Waals surface area contributed by atoms with Gasteiger partial charge in [-0.2, -0.15) is 22.5 Å². The van der Waals surface area contributed by atoms with Crippen molar-refractivity contribution in [3.05, 3.63) is 0 Å². The van der Waals surface area contributed by atoms with Crippen LogP contribution in [0.1, 0.15) is 104 Å². The Morgan fingerprint density at radius 2 is 0.522 bits per heavy atom. The summed E-state index contributed by atoms with van der Waals surface area (Å²) in [5.41, 5.74) is 0. The minimum Gasteiger partial charge on any atom is -0.344 e. The summed E-state index contributed by atoms with van der Waals surface area (Å²) in [4.78, 5) is 0. The van der Waals surface area contributed by atoms with E-state index in [4.69, 9.17) is 4.72 Å². The second-order valence-electron chi connectivity index (χ2n) is 0. The van der Waals surface area contributed by atoms with E-state index < -0.39 is 0 Å². The van der Waals surface area contributed by atoms with Crippen LogP contribution in [0.25, 0.3) is 0 Å². The topological polar surface area (TPSA) is 35.0 Å². The number of hydrogen-bond donors (Lipinski definition) is 2. The van der Waals surface area contributed by atoms with Crippen LogP contribution >= 0.6 is 34.9 Å². The maximum atomic E-state index is 8.75. The molecule has 0 bridgehead atoms. The summed E-state index contributed by atoms with van der Waals surface area (Å²) >= 11 is 10.9. The largest absolute Gasteiger partial charge is 0.344 e. The van der Waals surface area contributed by atoms with Crippen molar-refractivity contribution in [1.29, 1.82) is 1.45 Å². The highest BCUT2D eigenvalue weighted by Crippen LogP contribution is 1.31. The van der Waals surface area contributed by atoms with E-state index in [9.17, 15) is 0 Å². The molecule has 0 saturated carbocycles. The third-order valence-corrected chi connectivity index (χ3v) is 0. The molecule has 0 saturated heterocycles. The molecule has 0 aliphatic heterocycles. The van der Waals surface area contributed by atoms with E-state index >= 15 is 0 Å². The van der Waals surface area contributed by atoms with E-state index in [0.29, 0.717) is 0 Å². The monoisotopic (exact) mass is 464 g/mol. The summed E-state index contributed by atoms with van der Waals surface area (Å²) in [7, 11) is 0. The fraction of sp³-hybridized carbons (Fsp3) is 1.00. The summed E-state index contributed by atoms with van der Waals surface area (Å²) in [5.74, 6) is 0. The number of hydrogen-bond acceptors (Lipinski definition) is 4. The first kappa shape index (κ1) is 706. The fourth-order valence-electron chi connectivity index (χ4n) is 0. The predicted octanol–water partition coefficient (Wildman–Crippen LogP) is 10.4. The maximum absolute atomic E-state index is 8.75. The van der Waals surface area contributed by atoms with E-state index in [1.165, 1.54) is 0 Å². The van der Waals surface area contributed by atoms with Crippen LogP contribution in [0.15, 0.2) is 0 Å². The molecular formula is C15H69ClF2NPS3. The van der Waals surface area contributed by atoms with Gasteiger partial charge >= 0.3 is 0 Å². The van der Waals surface area contributed by atoms with Gasteiger partial charge in [-0.05, 0) is 6.26 Å². The Balaban J connectivity index is -0.000000000215. The van der Waals surface area contributed by atoms with Crippen LogP contribution in [0, 0.1) is 0 Å². The zero-order valence-electron chi connectivity index (χ0n) is 5.87. The van der Waals surface area contributed by atoms with Gasteiger partial charge in [0.25, 0.3) is 1.45 Å². The summed E-state index contributed by atoms with van der Waals surface area (Å²) in [6, 6.07) is 0. The van der Waals surface area contributed by atoms with Gasteiger partial charge in [0.05, 0.1) is 0 Å². The number of rotatable bonds is 0. The Bertz CT molecular complexity index is 44.7. The zero-order valence-corrected chi connectivity index (χ0v) is 9.63. The lowest BCUT2D eigenvalue weighted by molar-refractivity contribution is 1.11. The lowest BCUT2D eigenvalue weighted by Gasteiger charge is -1.11. The van der Waals surface area contributed by atoms with E-state index in [0.717, 1.165) is 0 Å². The highest BCUT2D eigenvalue weighted by Gasteiger charge is 0.901. The van der Waals surface area contributed by atoms with Crippen LogP contribution in [-0.2, 0) is 22.4 Å². The standard InChI is InChI=1S/CH4S.14CH4.ClH.2FH.H3N.H3P.S2/c1-2;;;;;;;;;;;;;;;;;;;;1-2/h2H,1H3;14*1H4;3*1H;2*1H3;/i/hD. The van der Waals surface area contributed by atoms with Crippen molar-refractivity contribution in [1.82, 2.24) is 6.15 Å². The molecule has 0 fully saturated rings. The molecule has 0 aliphatic carbocycles. The molecule has 0 aromatic rings. The second-order valence-corrected chi connectivity index (χ2v) is 0. The van der Waals surface area contributed by atoms with Gasteiger partial charge in [0.1, 0.15) is 0 Å². The van der Waals surface area contributed by atoms with E-state index in [2.05, 4.69) is 36.5 Å². The maximum Gasteiger partial charge on any atom is 0.269 e. The molecule has 0 radical (unpaired) electrons. The van der Waals surface area contributed by atoms with Crippen molar-refractivity contribution in [2.24, 2.45) is 0 Å². The minimum absolute atomic E-state index is 0. The second kappa shape index (κ2) is 6580. The quantitative estimate of drug-likeness (QED) is 0.276. The van der Waals surface area contributed by atoms with Crippen molar-refractivity contribution in [3.8, 4) is 0 Å². The SMILES string of the molecule is C.C.C.C.C.C.C.C.C.C.C.C.C.C.CS.Cl.F.N.P.S=S.[2H]F. The van der Waals surface area contributed by atoms with Gasteiger partial charge in [0.15, 0.2) is 0 Å². The summed E-state index contributed by atoms with van der Waals surface area (Å²) in [6.07, 6.45) is 1.69. The Hall–Kier alpha value is 1.33. The van der Waals surface area contributed by atoms with Crippen molar-refractivity contribution in [2.75, 3.05) is 6.26 Å². The number of halogens is 3. The lowest BCUT2D eigenvalue weighted by Crippen LogP contribution is -0.865. The Morgan fingerprint density at radius 1 is 0.522 bits per heavy atom. The first-order valence-electron chi connectivity index (χ1n) is 0.992. The number of thiol groups is 1. The normalized spacial score (nSPS) is 0.739. The Morgan fingerprint density at radius 3 is 0.522 bits per heavy atom. The van der Waals surface area contributed by atoms with Gasteiger partial charge in [0, 0.05) is 22.4 Å². The van der Waals surface area contributed by atoms with Crippen LogP contribution < -0.4 is 6.15 Å². The van der Waals surface area contributed by atoms with Gasteiger partial charge in [-0.1, -0.05) is 104 Å². The smallest absolute Gasteiger partial charge is 0.269 e. The molecule has 0 heterocycles. The van der Waals surface area contributed by atoms with Gasteiger partial charge in [0.2, 0.25) is 0 Å². The van der Waals surface area contributed by atoms with Crippen molar-refractivity contribution >= 4 is 57.3 Å². The molecule has 0 aromatic heterocycles. The summed E-state index contributed by atoms with van der Waals surface area (Å²) < 4.78 is 13.0.